The smallest absolute Gasteiger partial charge is 0.274 e. The molecular formula is C25H16Br2N2O4. The minimum absolute atomic E-state index is 0.00899. The standard InChI is InChI=1S/C25H16Br2N2O4/c1-13-10-11-18(19(12-13)29(32)33)28-22(30)20-21(23(28)31)25(27)15-7-3-2-6-14(15)24(20,26)16-8-4-5-9-17(16)25/h2-12,20-21H,1H3/t20-,21+,24?,25?. The molecule has 1 aliphatic heterocycles. The maximum absolute atomic E-state index is 14.0. The van der Waals surface area contributed by atoms with Gasteiger partial charge in [0.1, 0.15) is 5.69 Å². The van der Waals surface area contributed by atoms with Crippen LogP contribution in [0, 0.1) is 28.9 Å². The Balaban J connectivity index is 1.65. The molecule has 0 aromatic heterocycles. The van der Waals surface area contributed by atoms with Crippen LogP contribution < -0.4 is 4.90 Å². The highest BCUT2D eigenvalue weighted by molar-refractivity contribution is 9.10. The first-order chi connectivity index (χ1) is 15.7. The van der Waals surface area contributed by atoms with Crippen molar-refractivity contribution >= 4 is 55.0 Å². The zero-order chi connectivity index (χ0) is 23.3. The van der Waals surface area contributed by atoms with E-state index < -0.39 is 37.2 Å². The van der Waals surface area contributed by atoms with Crippen LogP contribution in [-0.2, 0) is 18.2 Å². The molecule has 2 amide bonds. The van der Waals surface area contributed by atoms with E-state index in [0.717, 1.165) is 27.2 Å². The molecule has 33 heavy (non-hydrogen) atoms. The Morgan fingerprint density at radius 2 is 1.24 bits per heavy atom. The highest BCUT2D eigenvalue weighted by atomic mass is 79.9. The predicted octanol–water partition coefficient (Wildman–Crippen LogP) is 5.31. The molecule has 1 saturated heterocycles. The molecule has 0 N–H and O–H groups in total. The largest absolute Gasteiger partial charge is 0.293 e. The van der Waals surface area contributed by atoms with Gasteiger partial charge in [-0.15, -0.1) is 0 Å². The second-order valence-corrected chi connectivity index (χ2v) is 11.2. The van der Waals surface area contributed by atoms with Gasteiger partial charge in [-0.2, -0.15) is 0 Å². The summed E-state index contributed by atoms with van der Waals surface area (Å²) in [5.74, 6) is -2.42. The summed E-state index contributed by atoms with van der Waals surface area (Å²) in [7, 11) is 0. The minimum atomic E-state index is -0.929. The van der Waals surface area contributed by atoms with Crippen LogP contribution in [0.4, 0.5) is 11.4 Å². The van der Waals surface area contributed by atoms with Gasteiger partial charge < -0.3 is 0 Å². The van der Waals surface area contributed by atoms with Crippen LogP contribution in [-0.4, -0.2) is 16.7 Å². The number of hydrogen-bond donors (Lipinski definition) is 0. The van der Waals surface area contributed by atoms with Crippen molar-refractivity contribution in [1.82, 2.24) is 0 Å². The van der Waals surface area contributed by atoms with E-state index in [4.69, 9.17) is 0 Å². The van der Waals surface area contributed by atoms with Gasteiger partial charge in [0.25, 0.3) is 5.69 Å². The molecule has 3 aromatic carbocycles. The second kappa shape index (κ2) is 6.61. The fraction of sp³-hybridized carbons (Fsp3) is 0.200. The molecule has 1 heterocycles. The van der Waals surface area contributed by atoms with Crippen LogP contribution in [0.1, 0.15) is 27.8 Å². The fourth-order valence-corrected chi connectivity index (χ4v) is 8.18. The molecule has 1 fully saturated rings. The highest BCUT2D eigenvalue weighted by Gasteiger charge is 2.72. The number of amides is 2. The molecule has 3 aromatic rings. The number of hydrogen-bond acceptors (Lipinski definition) is 4. The third kappa shape index (κ3) is 2.33. The van der Waals surface area contributed by atoms with Crippen molar-refractivity contribution in [2.24, 2.45) is 11.8 Å². The maximum atomic E-state index is 14.0. The first-order valence-corrected chi connectivity index (χ1v) is 12.0. The Bertz CT molecular complexity index is 1300. The van der Waals surface area contributed by atoms with Gasteiger partial charge in [0.15, 0.2) is 0 Å². The molecule has 0 unspecified atom stereocenters. The number of aryl methyl sites for hydroxylation is 1. The van der Waals surface area contributed by atoms with Crippen LogP contribution in [0.15, 0.2) is 66.7 Å². The zero-order valence-electron chi connectivity index (χ0n) is 17.3. The lowest BCUT2D eigenvalue weighted by Crippen LogP contribution is -2.56. The van der Waals surface area contributed by atoms with Crippen molar-refractivity contribution in [3.05, 3.63) is 105 Å². The van der Waals surface area contributed by atoms with E-state index in [1.54, 1.807) is 13.0 Å². The quantitative estimate of drug-likeness (QED) is 0.182. The average molecular weight is 568 g/mol. The minimum Gasteiger partial charge on any atom is -0.274 e. The van der Waals surface area contributed by atoms with Gasteiger partial charge in [-0.25, -0.2) is 4.90 Å². The Morgan fingerprint density at radius 3 is 1.64 bits per heavy atom. The summed E-state index contributed by atoms with van der Waals surface area (Å²) in [6.45, 7) is 1.73. The van der Waals surface area contributed by atoms with Crippen molar-refractivity contribution in [1.29, 1.82) is 0 Å². The van der Waals surface area contributed by atoms with Crippen LogP contribution in [0.5, 0.6) is 0 Å². The molecule has 2 atom stereocenters. The summed E-state index contributed by atoms with van der Waals surface area (Å²) in [6.07, 6.45) is 0. The maximum Gasteiger partial charge on any atom is 0.293 e. The summed E-state index contributed by atoms with van der Waals surface area (Å²) in [5, 5.41) is 11.8. The van der Waals surface area contributed by atoms with E-state index in [1.165, 1.54) is 12.1 Å². The van der Waals surface area contributed by atoms with Gasteiger partial charge in [0.2, 0.25) is 11.8 Å². The number of carbonyl (C=O) groups excluding carboxylic acids is 2. The van der Waals surface area contributed by atoms with Crippen molar-refractivity contribution in [2.45, 2.75) is 15.6 Å². The molecule has 0 spiro atoms. The fourth-order valence-electron chi connectivity index (χ4n) is 5.87. The van der Waals surface area contributed by atoms with E-state index >= 15 is 0 Å². The molecule has 0 radical (unpaired) electrons. The summed E-state index contributed by atoms with van der Waals surface area (Å²) in [6, 6.07) is 20.1. The second-order valence-electron chi connectivity index (χ2n) is 8.73. The van der Waals surface area contributed by atoms with E-state index in [0.29, 0.717) is 5.56 Å². The van der Waals surface area contributed by atoms with Crippen LogP contribution in [0.25, 0.3) is 0 Å². The zero-order valence-corrected chi connectivity index (χ0v) is 20.5. The summed E-state index contributed by atoms with van der Waals surface area (Å²) in [5.41, 5.74) is 4.10. The third-order valence-electron chi connectivity index (χ3n) is 7.15. The molecule has 8 heteroatoms. The van der Waals surface area contributed by atoms with E-state index in [1.807, 2.05) is 48.5 Å². The van der Waals surface area contributed by atoms with E-state index in [2.05, 4.69) is 31.9 Å². The summed E-state index contributed by atoms with van der Waals surface area (Å²) in [4.78, 5) is 40.3. The third-order valence-corrected chi connectivity index (χ3v) is 9.85. The first-order valence-electron chi connectivity index (χ1n) is 10.4. The number of benzene rings is 3. The van der Waals surface area contributed by atoms with Gasteiger partial charge in [0.05, 0.1) is 25.4 Å². The van der Waals surface area contributed by atoms with E-state index in [-0.39, 0.29) is 11.4 Å². The topological polar surface area (TPSA) is 80.5 Å². The Hall–Kier alpha value is -2.84. The van der Waals surface area contributed by atoms with Crippen LogP contribution in [0.3, 0.4) is 0 Å². The number of imide groups is 1. The van der Waals surface area contributed by atoms with Crippen molar-refractivity contribution in [3.8, 4) is 0 Å². The Morgan fingerprint density at radius 1 is 0.818 bits per heavy atom. The Kier molecular flexibility index (Phi) is 4.15. The van der Waals surface area contributed by atoms with Crippen molar-refractivity contribution in [2.75, 3.05) is 4.90 Å². The van der Waals surface area contributed by atoms with E-state index in [9.17, 15) is 19.7 Å². The number of anilines is 1. The number of alkyl halides is 2. The number of carbonyl (C=O) groups is 2. The molecular weight excluding hydrogens is 552 g/mol. The van der Waals surface area contributed by atoms with Crippen molar-refractivity contribution in [3.63, 3.8) is 0 Å². The summed E-state index contributed by atoms with van der Waals surface area (Å²) < 4.78 is -1.86. The number of halogens is 2. The molecule has 4 aliphatic rings. The molecule has 7 rings (SSSR count). The van der Waals surface area contributed by atoms with Gasteiger partial charge in [-0.05, 0) is 40.8 Å². The predicted molar refractivity (Wildman–Crippen MR) is 130 cm³/mol. The summed E-state index contributed by atoms with van der Waals surface area (Å²) >= 11 is 7.87. The number of nitro benzene ring substituents is 1. The van der Waals surface area contributed by atoms with Crippen LogP contribution in [0.2, 0.25) is 0 Å². The molecule has 164 valence electrons. The molecule has 2 bridgehead atoms. The van der Waals surface area contributed by atoms with Crippen LogP contribution >= 0.6 is 31.9 Å². The number of rotatable bonds is 2. The SMILES string of the molecule is Cc1ccc(N2C(=O)[C@@H]3[C@H](C2=O)C2(Br)c4ccccc4C3(Br)c3ccccc32)c([N+](=O)[O-])c1. The van der Waals surface area contributed by atoms with Gasteiger partial charge in [-0.3, -0.25) is 19.7 Å². The van der Waals surface area contributed by atoms with Gasteiger partial charge in [0, 0.05) is 6.07 Å². The molecule has 6 nitrogen and oxygen atoms in total. The normalized spacial score (nSPS) is 29.0. The van der Waals surface area contributed by atoms with Gasteiger partial charge >= 0.3 is 0 Å². The lowest BCUT2D eigenvalue weighted by molar-refractivity contribution is -0.384. The highest BCUT2D eigenvalue weighted by Crippen LogP contribution is 2.71. The van der Waals surface area contributed by atoms with Gasteiger partial charge in [-0.1, -0.05) is 86.5 Å². The average Bonchev–Trinajstić information content (AvgIpc) is 3.08. The lowest BCUT2D eigenvalue weighted by atomic mass is 9.54. The first kappa shape index (κ1) is 20.7. The Labute approximate surface area is 206 Å². The number of nitro groups is 1. The lowest BCUT2D eigenvalue weighted by Gasteiger charge is -2.55. The monoisotopic (exact) mass is 566 g/mol. The van der Waals surface area contributed by atoms with Crippen molar-refractivity contribution < 1.29 is 14.5 Å². The molecule has 0 saturated carbocycles. The number of nitrogens with zero attached hydrogens (tertiary/aromatic N) is 2. The molecule has 3 aliphatic carbocycles.